The van der Waals surface area contributed by atoms with Crippen LogP contribution < -0.4 is 4.72 Å². The summed E-state index contributed by atoms with van der Waals surface area (Å²) in [7, 11) is -2.77. The second kappa shape index (κ2) is 6.46. The van der Waals surface area contributed by atoms with Gasteiger partial charge in [-0.3, -0.25) is 0 Å². The van der Waals surface area contributed by atoms with Crippen LogP contribution in [-0.2, 0) is 19.6 Å². The summed E-state index contributed by atoms with van der Waals surface area (Å²) in [5, 5.41) is 17.4. The third-order valence-corrected chi connectivity index (χ3v) is 3.78. The molecule has 1 rings (SSSR count). The largest absolute Gasteiger partial charge is 0.479 e. The van der Waals surface area contributed by atoms with Crippen molar-refractivity contribution in [2.24, 2.45) is 0 Å². The third-order valence-electron chi connectivity index (χ3n) is 2.34. The van der Waals surface area contributed by atoms with E-state index in [0.29, 0.717) is 0 Å². The van der Waals surface area contributed by atoms with Crippen molar-refractivity contribution < 1.29 is 33.0 Å². The SMILES string of the molecule is COC(=O)c1ccc(S(=O)(=O)NCC(O)C(=O)O)cc1. The number of aliphatic hydroxyl groups excluding tert-OH is 1. The maximum Gasteiger partial charge on any atom is 0.337 e. The fourth-order valence-electron chi connectivity index (χ4n) is 1.25. The van der Waals surface area contributed by atoms with Gasteiger partial charge in [-0.1, -0.05) is 0 Å². The molecule has 110 valence electrons. The zero-order valence-electron chi connectivity index (χ0n) is 10.4. The Balaban J connectivity index is 2.83. The van der Waals surface area contributed by atoms with Gasteiger partial charge >= 0.3 is 11.9 Å². The Hall–Kier alpha value is -1.97. The smallest absolute Gasteiger partial charge is 0.337 e. The molecule has 0 bridgehead atoms. The summed E-state index contributed by atoms with van der Waals surface area (Å²) in [5.74, 6) is -2.14. The molecule has 0 fully saturated rings. The molecule has 0 aliphatic rings. The molecule has 0 aliphatic heterocycles. The van der Waals surface area contributed by atoms with Crippen LogP contribution in [0.1, 0.15) is 10.4 Å². The molecule has 0 saturated carbocycles. The van der Waals surface area contributed by atoms with Gasteiger partial charge in [-0.25, -0.2) is 22.7 Å². The lowest BCUT2D eigenvalue weighted by Gasteiger charge is -2.09. The summed E-state index contributed by atoms with van der Waals surface area (Å²) in [5.41, 5.74) is 0.178. The zero-order valence-corrected chi connectivity index (χ0v) is 11.3. The number of ether oxygens (including phenoxy) is 1. The third kappa shape index (κ3) is 4.02. The van der Waals surface area contributed by atoms with E-state index in [-0.39, 0.29) is 10.5 Å². The summed E-state index contributed by atoms with van der Waals surface area (Å²) >= 11 is 0. The van der Waals surface area contributed by atoms with Gasteiger partial charge in [0.1, 0.15) is 0 Å². The first kappa shape index (κ1) is 16.1. The highest BCUT2D eigenvalue weighted by Gasteiger charge is 2.19. The average Bonchev–Trinajstić information content (AvgIpc) is 2.44. The molecule has 9 heteroatoms. The van der Waals surface area contributed by atoms with Gasteiger partial charge in [-0.15, -0.1) is 0 Å². The maximum atomic E-state index is 11.8. The van der Waals surface area contributed by atoms with Crippen molar-refractivity contribution in [3.63, 3.8) is 0 Å². The number of rotatable bonds is 6. The number of methoxy groups -OCH3 is 1. The molecule has 1 aromatic carbocycles. The van der Waals surface area contributed by atoms with E-state index < -0.39 is 34.6 Å². The quantitative estimate of drug-likeness (QED) is 0.586. The van der Waals surface area contributed by atoms with Crippen LogP contribution in [0.25, 0.3) is 0 Å². The van der Waals surface area contributed by atoms with Crippen LogP contribution in [0.4, 0.5) is 0 Å². The Morgan fingerprint density at radius 2 is 1.85 bits per heavy atom. The maximum absolute atomic E-state index is 11.8. The lowest BCUT2D eigenvalue weighted by atomic mass is 10.2. The van der Waals surface area contributed by atoms with E-state index in [0.717, 1.165) is 0 Å². The van der Waals surface area contributed by atoms with Crippen LogP contribution in [0.5, 0.6) is 0 Å². The molecular formula is C11H13NO7S. The molecule has 0 aliphatic carbocycles. The Labute approximate surface area is 115 Å². The van der Waals surface area contributed by atoms with Crippen molar-refractivity contribution >= 4 is 22.0 Å². The predicted octanol–water partition coefficient (Wildman–Crippen LogP) is -0.803. The van der Waals surface area contributed by atoms with Crippen molar-refractivity contribution in [3.8, 4) is 0 Å². The second-order valence-electron chi connectivity index (χ2n) is 3.72. The monoisotopic (exact) mass is 303 g/mol. The topological polar surface area (TPSA) is 130 Å². The van der Waals surface area contributed by atoms with E-state index in [1.807, 2.05) is 4.72 Å². The van der Waals surface area contributed by atoms with Crippen LogP contribution in [0.3, 0.4) is 0 Å². The van der Waals surface area contributed by atoms with E-state index in [1.54, 1.807) is 0 Å². The molecule has 0 spiro atoms. The Kier molecular flexibility index (Phi) is 5.19. The number of aliphatic carboxylic acids is 1. The Morgan fingerprint density at radius 1 is 1.30 bits per heavy atom. The number of esters is 1. The molecule has 8 nitrogen and oxygen atoms in total. The van der Waals surface area contributed by atoms with E-state index in [2.05, 4.69) is 4.74 Å². The molecule has 20 heavy (non-hydrogen) atoms. The predicted molar refractivity (Wildman–Crippen MR) is 66.6 cm³/mol. The standard InChI is InChI=1S/C11H13NO7S/c1-19-11(16)7-2-4-8(5-3-7)20(17,18)12-6-9(13)10(14)15/h2-5,9,12-13H,6H2,1H3,(H,14,15). The molecule has 0 heterocycles. The van der Waals surface area contributed by atoms with Crippen LogP contribution in [0.2, 0.25) is 0 Å². The first-order valence-electron chi connectivity index (χ1n) is 5.37. The minimum atomic E-state index is -3.96. The number of aliphatic hydroxyl groups is 1. The van der Waals surface area contributed by atoms with Crippen LogP contribution in [0, 0.1) is 0 Å². The van der Waals surface area contributed by atoms with E-state index >= 15 is 0 Å². The molecule has 0 saturated heterocycles. The minimum Gasteiger partial charge on any atom is -0.479 e. The molecule has 1 aromatic rings. The van der Waals surface area contributed by atoms with Gasteiger partial charge < -0.3 is 14.9 Å². The van der Waals surface area contributed by atoms with Crippen LogP contribution in [-0.4, -0.2) is 50.3 Å². The van der Waals surface area contributed by atoms with Gasteiger partial charge in [-0.05, 0) is 24.3 Å². The van der Waals surface area contributed by atoms with Gasteiger partial charge in [0, 0.05) is 6.54 Å². The van der Waals surface area contributed by atoms with Crippen molar-refractivity contribution in [1.82, 2.24) is 4.72 Å². The number of carbonyl (C=O) groups excluding carboxylic acids is 1. The van der Waals surface area contributed by atoms with Crippen LogP contribution in [0.15, 0.2) is 29.2 Å². The van der Waals surface area contributed by atoms with Crippen molar-refractivity contribution in [2.75, 3.05) is 13.7 Å². The van der Waals surface area contributed by atoms with E-state index in [9.17, 15) is 18.0 Å². The average molecular weight is 303 g/mol. The molecule has 0 amide bonds. The Morgan fingerprint density at radius 3 is 2.30 bits per heavy atom. The fraction of sp³-hybridized carbons (Fsp3) is 0.273. The summed E-state index contributed by atoms with van der Waals surface area (Å²) in [6, 6.07) is 4.85. The summed E-state index contributed by atoms with van der Waals surface area (Å²) in [4.78, 5) is 21.4. The number of hydrogen-bond acceptors (Lipinski definition) is 6. The normalized spacial score (nSPS) is 12.7. The number of carbonyl (C=O) groups is 2. The fourth-order valence-corrected chi connectivity index (χ4v) is 2.29. The summed E-state index contributed by atoms with van der Waals surface area (Å²) < 4.78 is 30.0. The molecule has 1 unspecified atom stereocenters. The summed E-state index contributed by atoms with van der Waals surface area (Å²) in [6.07, 6.45) is -1.83. The molecule has 0 aromatic heterocycles. The highest BCUT2D eigenvalue weighted by Crippen LogP contribution is 2.11. The number of hydrogen-bond donors (Lipinski definition) is 3. The van der Waals surface area contributed by atoms with Crippen molar-refractivity contribution in [1.29, 1.82) is 0 Å². The number of benzene rings is 1. The van der Waals surface area contributed by atoms with Crippen LogP contribution >= 0.6 is 0 Å². The van der Waals surface area contributed by atoms with Gasteiger partial charge in [-0.2, -0.15) is 0 Å². The molecule has 0 radical (unpaired) electrons. The molecular weight excluding hydrogens is 290 g/mol. The Bertz CT molecular complexity index is 594. The first-order valence-corrected chi connectivity index (χ1v) is 6.85. The summed E-state index contributed by atoms with van der Waals surface area (Å²) in [6.45, 7) is -0.656. The number of carboxylic acid groups (broad SMARTS) is 1. The van der Waals surface area contributed by atoms with Gasteiger partial charge in [0.15, 0.2) is 6.10 Å². The lowest BCUT2D eigenvalue weighted by Crippen LogP contribution is -2.36. The van der Waals surface area contributed by atoms with E-state index in [1.165, 1.54) is 31.4 Å². The lowest BCUT2D eigenvalue weighted by molar-refractivity contribution is -0.146. The second-order valence-corrected chi connectivity index (χ2v) is 5.49. The molecule has 1 atom stereocenters. The van der Waals surface area contributed by atoms with Crippen molar-refractivity contribution in [3.05, 3.63) is 29.8 Å². The van der Waals surface area contributed by atoms with Gasteiger partial charge in [0.2, 0.25) is 10.0 Å². The van der Waals surface area contributed by atoms with Gasteiger partial charge in [0.05, 0.1) is 17.6 Å². The zero-order chi connectivity index (χ0) is 15.3. The highest BCUT2D eigenvalue weighted by molar-refractivity contribution is 7.89. The van der Waals surface area contributed by atoms with Crippen molar-refractivity contribution in [2.45, 2.75) is 11.0 Å². The number of nitrogens with one attached hydrogen (secondary N) is 1. The number of sulfonamides is 1. The minimum absolute atomic E-state index is 0.164. The highest BCUT2D eigenvalue weighted by atomic mass is 32.2. The van der Waals surface area contributed by atoms with E-state index in [4.69, 9.17) is 10.2 Å². The first-order chi connectivity index (χ1) is 9.27. The van der Waals surface area contributed by atoms with Gasteiger partial charge in [0.25, 0.3) is 0 Å². The number of carboxylic acids is 1. The molecule has 3 N–H and O–H groups in total.